The highest BCUT2D eigenvalue weighted by Gasteiger charge is 2.24. The zero-order valence-corrected chi connectivity index (χ0v) is 12.4. The van der Waals surface area contributed by atoms with Crippen LogP contribution < -0.4 is 0 Å². The number of pyridine rings is 1. The molecule has 0 bridgehead atoms. The van der Waals surface area contributed by atoms with Crippen molar-refractivity contribution in [3.8, 4) is 0 Å². The Morgan fingerprint density at radius 2 is 2.32 bits per heavy atom. The fourth-order valence-electron chi connectivity index (χ4n) is 2.58. The molecule has 1 aromatic heterocycles. The third kappa shape index (κ3) is 3.45. The van der Waals surface area contributed by atoms with Gasteiger partial charge < -0.3 is 9.80 Å². The summed E-state index contributed by atoms with van der Waals surface area (Å²) in [6, 6.07) is 3.88. The number of amides is 1. The van der Waals surface area contributed by atoms with Crippen LogP contribution in [0.5, 0.6) is 0 Å². The van der Waals surface area contributed by atoms with Crippen molar-refractivity contribution in [2.24, 2.45) is 0 Å². The number of hydrogen-bond acceptors (Lipinski definition) is 3. The number of aryl methyl sites for hydroxylation is 1. The molecule has 1 atom stereocenters. The minimum absolute atomic E-state index is 0.00713. The van der Waals surface area contributed by atoms with Gasteiger partial charge in [-0.15, -0.1) is 0 Å². The number of aromatic nitrogens is 1. The summed E-state index contributed by atoms with van der Waals surface area (Å²) in [5, 5.41) is 0.370. The molecule has 5 heteroatoms. The molecule has 1 amide bonds. The quantitative estimate of drug-likeness (QED) is 0.797. The summed E-state index contributed by atoms with van der Waals surface area (Å²) in [7, 11) is 3.96. The van der Waals surface area contributed by atoms with E-state index < -0.39 is 0 Å². The van der Waals surface area contributed by atoms with E-state index in [4.69, 9.17) is 11.6 Å². The maximum Gasteiger partial charge on any atom is 0.253 e. The molecule has 2 rings (SSSR count). The molecule has 0 aliphatic carbocycles. The Labute approximate surface area is 119 Å². The number of hydrogen-bond donors (Lipinski definition) is 0. The highest BCUT2D eigenvalue weighted by Crippen LogP contribution is 2.17. The van der Waals surface area contributed by atoms with Crippen molar-refractivity contribution in [2.45, 2.75) is 25.8 Å². The fourth-order valence-corrected chi connectivity index (χ4v) is 2.83. The maximum atomic E-state index is 12.4. The van der Waals surface area contributed by atoms with Gasteiger partial charge in [0.25, 0.3) is 5.91 Å². The van der Waals surface area contributed by atoms with E-state index in [9.17, 15) is 4.79 Å². The van der Waals surface area contributed by atoms with Gasteiger partial charge in [0, 0.05) is 30.9 Å². The Balaban J connectivity index is 2.06. The number of carbonyl (C=O) groups excluding carboxylic acids is 1. The molecule has 1 fully saturated rings. The van der Waals surface area contributed by atoms with Crippen molar-refractivity contribution in [3.63, 3.8) is 0 Å². The van der Waals surface area contributed by atoms with Crippen LogP contribution in [-0.2, 0) is 0 Å². The third-order valence-electron chi connectivity index (χ3n) is 3.67. The van der Waals surface area contributed by atoms with Crippen molar-refractivity contribution < 1.29 is 4.79 Å². The minimum Gasteiger partial charge on any atom is -0.340 e. The van der Waals surface area contributed by atoms with Gasteiger partial charge in [-0.25, -0.2) is 4.98 Å². The molecular formula is C14H20ClN3O. The number of likely N-dealkylation sites (N-methyl/N-ethyl adjacent to an activating group) is 2. The second-order valence-corrected chi connectivity index (χ2v) is 5.67. The van der Waals surface area contributed by atoms with Crippen molar-refractivity contribution in [1.29, 1.82) is 0 Å². The first kappa shape index (κ1) is 14.3. The van der Waals surface area contributed by atoms with E-state index in [0.29, 0.717) is 16.8 Å². The normalized spacial score (nSPS) is 19.7. The van der Waals surface area contributed by atoms with E-state index >= 15 is 0 Å². The summed E-state index contributed by atoms with van der Waals surface area (Å²) in [5.74, 6) is 0.00713. The van der Waals surface area contributed by atoms with Gasteiger partial charge in [0.1, 0.15) is 5.15 Å². The first-order valence-electron chi connectivity index (χ1n) is 6.57. The molecule has 19 heavy (non-hydrogen) atoms. The highest BCUT2D eigenvalue weighted by molar-refractivity contribution is 6.29. The number of likely N-dealkylation sites (tertiary alicyclic amines) is 1. The minimum atomic E-state index is 0.00713. The number of nitrogens with zero attached hydrogens (tertiary/aromatic N) is 3. The number of carbonyl (C=O) groups is 1. The van der Waals surface area contributed by atoms with Gasteiger partial charge in [-0.1, -0.05) is 11.6 Å². The molecule has 1 unspecified atom stereocenters. The summed E-state index contributed by atoms with van der Waals surface area (Å²) in [6.07, 6.45) is 2.37. The van der Waals surface area contributed by atoms with E-state index in [-0.39, 0.29) is 5.91 Å². The molecular weight excluding hydrogens is 262 g/mol. The number of halogens is 1. The molecule has 0 saturated carbocycles. The lowest BCUT2D eigenvalue weighted by Gasteiger charge is -2.26. The lowest BCUT2D eigenvalue weighted by Crippen LogP contribution is -2.39. The predicted molar refractivity (Wildman–Crippen MR) is 76.6 cm³/mol. The first-order valence-corrected chi connectivity index (χ1v) is 6.95. The Morgan fingerprint density at radius 3 is 2.89 bits per heavy atom. The van der Waals surface area contributed by atoms with E-state index in [1.165, 1.54) is 6.42 Å². The molecule has 2 heterocycles. The van der Waals surface area contributed by atoms with Crippen LogP contribution in [0.1, 0.15) is 28.9 Å². The Kier molecular flexibility index (Phi) is 4.42. The van der Waals surface area contributed by atoms with Gasteiger partial charge in [0.05, 0.1) is 0 Å². The topological polar surface area (TPSA) is 36.4 Å². The van der Waals surface area contributed by atoms with Gasteiger partial charge >= 0.3 is 0 Å². The molecule has 0 N–H and O–H groups in total. The average molecular weight is 282 g/mol. The maximum absolute atomic E-state index is 12.4. The third-order valence-corrected chi connectivity index (χ3v) is 3.87. The van der Waals surface area contributed by atoms with Gasteiger partial charge in [0.15, 0.2) is 0 Å². The van der Waals surface area contributed by atoms with Gasteiger partial charge in [-0.2, -0.15) is 0 Å². The van der Waals surface area contributed by atoms with Crippen LogP contribution >= 0.6 is 11.6 Å². The smallest absolute Gasteiger partial charge is 0.253 e. The molecule has 0 radical (unpaired) electrons. The molecule has 0 spiro atoms. The molecule has 1 saturated heterocycles. The van der Waals surface area contributed by atoms with Gasteiger partial charge in [-0.05, 0) is 45.5 Å². The molecule has 1 aliphatic rings. The summed E-state index contributed by atoms with van der Waals surface area (Å²) < 4.78 is 0. The molecule has 104 valence electrons. The lowest BCUT2D eigenvalue weighted by molar-refractivity contribution is 0.0761. The first-order chi connectivity index (χ1) is 8.97. The van der Waals surface area contributed by atoms with Crippen LogP contribution in [0.2, 0.25) is 5.15 Å². The van der Waals surface area contributed by atoms with E-state index in [1.807, 2.05) is 14.0 Å². The van der Waals surface area contributed by atoms with Crippen molar-refractivity contribution >= 4 is 17.5 Å². The molecule has 4 nitrogen and oxygen atoms in total. The second kappa shape index (κ2) is 5.88. The summed E-state index contributed by atoms with van der Waals surface area (Å²) >= 11 is 5.90. The summed E-state index contributed by atoms with van der Waals surface area (Å²) in [4.78, 5) is 20.5. The van der Waals surface area contributed by atoms with Crippen LogP contribution in [0.25, 0.3) is 0 Å². The zero-order chi connectivity index (χ0) is 14.0. The second-order valence-electron chi connectivity index (χ2n) is 5.28. The van der Waals surface area contributed by atoms with E-state index in [1.54, 1.807) is 17.0 Å². The van der Waals surface area contributed by atoms with Crippen molar-refractivity contribution in [1.82, 2.24) is 14.8 Å². The standard InChI is InChI=1S/C14H20ClN3O/c1-10-7-11(8-13(15)16-10)14(19)18(3)9-12-5-4-6-17(12)2/h7-8,12H,4-6,9H2,1-3H3. The van der Waals surface area contributed by atoms with Crippen LogP contribution in [0.4, 0.5) is 0 Å². The fraction of sp³-hybridized carbons (Fsp3) is 0.571. The van der Waals surface area contributed by atoms with Gasteiger partial charge in [0.2, 0.25) is 0 Å². The highest BCUT2D eigenvalue weighted by atomic mass is 35.5. The molecule has 1 aromatic rings. The summed E-state index contributed by atoms with van der Waals surface area (Å²) in [6.45, 7) is 3.72. The van der Waals surface area contributed by atoms with Crippen molar-refractivity contribution in [2.75, 3.05) is 27.2 Å². The average Bonchev–Trinajstić information content (AvgIpc) is 2.72. The van der Waals surface area contributed by atoms with Crippen LogP contribution in [0, 0.1) is 6.92 Å². The SMILES string of the molecule is Cc1cc(C(=O)N(C)CC2CCCN2C)cc(Cl)n1. The Bertz CT molecular complexity index is 458. The number of rotatable bonds is 3. The lowest BCUT2D eigenvalue weighted by atomic mass is 10.1. The van der Waals surface area contributed by atoms with Crippen molar-refractivity contribution in [3.05, 3.63) is 28.5 Å². The Hall–Kier alpha value is -1.13. The monoisotopic (exact) mass is 281 g/mol. The molecule has 0 aromatic carbocycles. The van der Waals surface area contributed by atoms with Crippen LogP contribution in [-0.4, -0.2) is 53.9 Å². The Morgan fingerprint density at radius 1 is 1.58 bits per heavy atom. The zero-order valence-electron chi connectivity index (χ0n) is 11.7. The van der Waals surface area contributed by atoms with Crippen LogP contribution in [0.15, 0.2) is 12.1 Å². The summed E-state index contributed by atoms with van der Waals surface area (Å²) in [5.41, 5.74) is 1.38. The predicted octanol–water partition coefficient (Wildman–Crippen LogP) is 2.21. The van der Waals surface area contributed by atoms with E-state index in [2.05, 4.69) is 16.9 Å². The largest absolute Gasteiger partial charge is 0.340 e. The van der Waals surface area contributed by atoms with Gasteiger partial charge in [-0.3, -0.25) is 4.79 Å². The van der Waals surface area contributed by atoms with Crippen LogP contribution in [0.3, 0.4) is 0 Å². The van der Waals surface area contributed by atoms with E-state index in [0.717, 1.165) is 25.2 Å². The molecule has 1 aliphatic heterocycles.